The van der Waals surface area contributed by atoms with Crippen LogP contribution in [0.25, 0.3) is 11.3 Å². The summed E-state index contributed by atoms with van der Waals surface area (Å²) >= 11 is 6.12. The molecule has 0 saturated carbocycles. The summed E-state index contributed by atoms with van der Waals surface area (Å²) < 4.78 is 17.2. The van der Waals surface area contributed by atoms with Gasteiger partial charge in [-0.2, -0.15) is 0 Å². The second kappa shape index (κ2) is 17.2. The Morgan fingerprint density at radius 3 is 2.04 bits per heavy atom. The minimum atomic E-state index is -0.509. The first kappa shape index (κ1) is 35.6. The van der Waals surface area contributed by atoms with Gasteiger partial charge in [0.1, 0.15) is 24.7 Å². The molecule has 10 heteroatoms. The SMILES string of the molecule is COC(=O)NCc1ccc(CN(C(=O)c2ccc(OCc3ccccc3)cc2OCc2ccccc2)c2ccc(-c3nc(Cl)ncc3C)cc2)cc1. The highest BCUT2D eigenvalue weighted by Crippen LogP contribution is 2.32. The predicted molar refractivity (Wildman–Crippen MR) is 201 cm³/mol. The van der Waals surface area contributed by atoms with E-state index in [1.165, 1.54) is 7.11 Å². The molecule has 0 aliphatic carbocycles. The fraction of sp³-hybridized carbons (Fsp3) is 0.143. The van der Waals surface area contributed by atoms with Gasteiger partial charge in [0.15, 0.2) is 0 Å². The molecule has 52 heavy (non-hydrogen) atoms. The number of nitrogens with one attached hydrogen (secondary N) is 1. The normalized spacial score (nSPS) is 10.7. The van der Waals surface area contributed by atoms with Gasteiger partial charge in [-0.05, 0) is 70.6 Å². The Bertz CT molecular complexity index is 2110. The minimum absolute atomic E-state index is 0.158. The van der Waals surface area contributed by atoms with E-state index in [4.69, 9.17) is 21.1 Å². The number of rotatable bonds is 13. The summed E-state index contributed by atoms with van der Waals surface area (Å²) in [5, 5.41) is 2.84. The molecule has 6 aromatic rings. The molecule has 1 heterocycles. The number of benzene rings is 5. The van der Waals surface area contributed by atoms with Crippen molar-refractivity contribution in [2.75, 3.05) is 12.0 Å². The molecule has 0 aliphatic rings. The number of carbonyl (C=O) groups excluding carboxylic acids is 2. The highest BCUT2D eigenvalue weighted by Gasteiger charge is 2.23. The zero-order valence-electron chi connectivity index (χ0n) is 28.8. The molecule has 5 aromatic carbocycles. The Morgan fingerprint density at radius 2 is 1.38 bits per heavy atom. The van der Waals surface area contributed by atoms with Crippen molar-refractivity contribution in [2.45, 2.75) is 33.2 Å². The Labute approximate surface area is 307 Å². The van der Waals surface area contributed by atoms with Crippen LogP contribution in [0.15, 0.2) is 134 Å². The van der Waals surface area contributed by atoms with E-state index in [0.29, 0.717) is 41.6 Å². The maximum atomic E-state index is 14.7. The lowest BCUT2D eigenvalue weighted by Crippen LogP contribution is -2.31. The number of amides is 2. The lowest BCUT2D eigenvalue weighted by atomic mass is 10.1. The van der Waals surface area contributed by atoms with Gasteiger partial charge in [0, 0.05) is 30.1 Å². The van der Waals surface area contributed by atoms with E-state index in [1.807, 2.05) is 116 Å². The second-order valence-corrected chi connectivity index (χ2v) is 12.3. The van der Waals surface area contributed by atoms with Crippen molar-refractivity contribution in [3.8, 4) is 22.8 Å². The number of hydrogen-bond donors (Lipinski definition) is 1. The van der Waals surface area contributed by atoms with Crippen molar-refractivity contribution in [3.05, 3.63) is 172 Å². The smallest absolute Gasteiger partial charge is 0.407 e. The molecule has 0 unspecified atom stereocenters. The Morgan fingerprint density at radius 1 is 0.750 bits per heavy atom. The van der Waals surface area contributed by atoms with Crippen molar-refractivity contribution in [3.63, 3.8) is 0 Å². The molecule has 1 aromatic heterocycles. The first-order valence-electron chi connectivity index (χ1n) is 16.6. The molecule has 0 radical (unpaired) electrons. The minimum Gasteiger partial charge on any atom is -0.489 e. The maximum absolute atomic E-state index is 14.7. The molecule has 0 fully saturated rings. The number of anilines is 1. The fourth-order valence-corrected chi connectivity index (χ4v) is 5.63. The molecule has 262 valence electrons. The van der Waals surface area contributed by atoms with Gasteiger partial charge >= 0.3 is 6.09 Å². The number of methoxy groups -OCH3 is 1. The van der Waals surface area contributed by atoms with Crippen LogP contribution in [0.3, 0.4) is 0 Å². The average molecular weight is 713 g/mol. The van der Waals surface area contributed by atoms with Crippen molar-refractivity contribution >= 4 is 29.3 Å². The van der Waals surface area contributed by atoms with Crippen molar-refractivity contribution in [1.82, 2.24) is 15.3 Å². The molecular formula is C42H37ClN4O5. The number of ether oxygens (including phenoxy) is 3. The highest BCUT2D eigenvalue weighted by molar-refractivity contribution is 6.28. The summed E-state index contributed by atoms with van der Waals surface area (Å²) in [5.41, 5.74) is 7.23. The lowest BCUT2D eigenvalue weighted by molar-refractivity contribution is 0.0980. The number of hydrogen-bond acceptors (Lipinski definition) is 7. The van der Waals surface area contributed by atoms with Crippen molar-refractivity contribution in [2.24, 2.45) is 0 Å². The topological polar surface area (TPSA) is 103 Å². The molecule has 2 amide bonds. The number of halogens is 1. The van der Waals surface area contributed by atoms with Crippen molar-refractivity contribution < 1.29 is 23.8 Å². The molecular weight excluding hydrogens is 676 g/mol. The van der Waals surface area contributed by atoms with E-state index in [-0.39, 0.29) is 24.3 Å². The van der Waals surface area contributed by atoms with E-state index >= 15 is 0 Å². The Hall–Kier alpha value is -6.19. The Kier molecular flexibility index (Phi) is 11.8. The van der Waals surface area contributed by atoms with Crippen LogP contribution in [0, 0.1) is 6.92 Å². The largest absolute Gasteiger partial charge is 0.489 e. The van der Waals surface area contributed by atoms with E-state index in [2.05, 4.69) is 20.0 Å². The number of carbonyl (C=O) groups is 2. The number of nitrogens with zero attached hydrogens (tertiary/aromatic N) is 3. The summed E-state index contributed by atoms with van der Waals surface area (Å²) in [6, 6.07) is 40.3. The average Bonchev–Trinajstić information content (AvgIpc) is 3.19. The predicted octanol–water partition coefficient (Wildman–Crippen LogP) is 8.97. The molecule has 1 N–H and O–H groups in total. The van der Waals surface area contributed by atoms with E-state index in [9.17, 15) is 9.59 Å². The highest BCUT2D eigenvalue weighted by atomic mass is 35.5. The third-order valence-electron chi connectivity index (χ3n) is 8.29. The van der Waals surface area contributed by atoms with Gasteiger partial charge < -0.3 is 24.4 Å². The Balaban J connectivity index is 1.33. The maximum Gasteiger partial charge on any atom is 0.407 e. The summed E-state index contributed by atoms with van der Waals surface area (Å²) in [5.74, 6) is 0.717. The van der Waals surface area contributed by atoms with E-state index < -0.39 is 6.09 Å². The van der Waals surface area contributed by atoms with Crippen LogP contribution in [0.2, 0.25) is 5.28 Å². The molecule has 0 atom stereocenters. The molecule has 0 bridgehead atoms. The van der Waals surface area contributed by atoms with Gasteiger partial charge in [-0.15, -0.1) is 0 Å². The van der Waals surface area contributed by atoms with Gasteiger partial charge in [-0.1, -0.05) is 97.1 Å². The number of alkyl carbamates (subject to hydrolysis) is 1. The number of aromatic nitrogens is 2. The fourth-order valence-electron chi connectivity index (χ4n) is 5.49. The molecule has 0 spiro atoms. The zero-order chi connectivity index (χ0) is 36.3. The standard InChI is InChI=1S/C42H37ClN4O5/c1-29-24-44-41(43)46-39(29)34-17-19-35(20-18-34)47(26-31-15-13-30(14-16-31)25-45-42(49)50-2)40(48)37-22-21-36(51-27-32-9-5-3-6-10-32)23-38(37)52-28-33-11-7-4-8-12-33/h3-24H,25-28H2,1-2H3,(H,45,49). The molecule has 0 saturated heterocycles. The lowest BCUT2D eigenvalue weighted by Gasteiger charge is -2.25. The molecule has 6 rings (SSSR count). The van der Waals surface area contributed by atoms with Gasteiger partial charge in [0.25, 0.3) is 5.91 Å². The van der Waals surface area contributed by atoms with Crippen LogP contribution in [0.1, 0.15) is 38.2 Å². The summed E-state index contributed by atoms with van der Waals surface area (Å²) in [4.78, 5) is 36.5. The van der Waals surface area contributed by atoms with Crippen LogP contribution in [0.4, 0.5) is 10.5 Å². The van der Waals surface area contributed by atoms with Gasteiger partial charge in [0.2, 0.25) is 5.28 Å². The van der Waals surface area contributed by atoms with Crippen molar-refractivity contribution in [1.29, 1.82) is 0 Å². The summed E-state index contributed by atoms with van der Waals surface area (Å²) in [7, 11) is 1.32. The van der Waals surface area contributed by atoms with Crippen LogP contribution >= 0.6 is 11.6 Å². The van der Waals surface area contributed by atoms with E-state index in [0.717, 1.165) is 33.4 Å². The van der Waals surface area contributed by atoms with Crippen LogP contribution in [-0.4, -0.2) is 29.1 Å². The van der Waals surface area contributed by atoms with Crippen LogP contribution < -0.4 is 19.7 Å². The monoisotopic (exact) mass is 712 g/mol. The molecule has 9 nitrogen and oxygen atoms in total. The second-order valence-electron chi connectivity index (χ2n) is 12.0. The third kappa shape index (κ3) is 9.32. The molecule has 0 aliphatic heterocycles. The quantitative estimate of drug-likeness (QED) is 0.119. The number of aryl methyl sites for hydroxylation is 1. The summed E-state index contributed by atoms with van der Waals surface area (Å²) in [6.45, 7) is 3.12. The third-order valence-corrected chi connectivity index (χ3v) is 8.48. The van der Waals surface area contributed by atoms with Crippen LogP contribution in [0.5, 0.6) is 11.5 Å². The van der Waals surface area contributed by atoms with Gasteiger partial charge in [-0.25, -0.2) is 14.8 Å². The van der Waals surface area contributed by atoms with Gasteiger partial charge in [-0.3, -0.25) is 4.79 Å². The first-order valence-corrected chi connectivity index (χ1v) is 17.0. The summed E-state index contributed by atoms with van der Waals surface area (Å²) in [6.07, 6.45) is 1.17. The van der Waals surface area contributed by atoms with Crippen LogP contribution in [-0.2, 0) is 31.0 Å². The zero-order valence-corrected chi connectivity index (χ0v) is 29.5. The van der Waals surface area contributed by atoms with E-state index in [1.54, 1.807) is 29.3 Å². The first-order chi connectivity index (χ1) is 25.4. The van der Waals surface area contributed by atoms with Gasteiger partial charge in [0.05, 0.1) is 24.9 Å².